The summed E-state index contributed by atoms with van der Waals surface area (Å²) in [6.07, 6.45) is 3.57. The molecule has 0 bridgehead atoms. The van der Waals surface area contributed by atoms with Crippen molar-refractivity contribution in [3.8, 4) is 0 Å². The topological polar surface area (TPSA) is 67.3 Å². The van der Waals surface area contributed by atoms with E-state index in [2.05, 4.69) is 20.0 Å². The first-order valence-electron chi connectivity index (χ1n) is 5.26. The van der Waals surface area contributed by atoms with Crippen molar-refractivity contribution in [3.63, 3.8) is 0 Å². The van der Waals surface area contributed by atoms with Gasteiger partial charge in [0, 0.05) is 25.5 Å². The maximum Gasteiger partial charge on any atom is 0.407 e. The van der Waals surface area contributed by atoms with Crippen molar-refractivity contribution in [2.75, 3.05) is 25.1 Å². The van der Waals surface area contributed by atoms with Gasteiger partial charge in [-0.05, 0) is 6.42 Å². The van der Waals surface area contributed by atoms with Crippen LogP contribution in [0.1, 0.15) is 6.42 Å². The SMILES string of the molecule is COC(=O)NC1CCN(c2nccnc2Cl)C1. The number of nitrogens with one attached hydrogen (secondary N) is 1. The Labute approximate surface area is 104 Å². The third-order valence-electron chi connectivity index (χ3n) is 2.63. The number of anilines is 1. The van der Waals surface area contributed by atoms with E-state index in [1.54, 1.807) is 12.4 Å². The molecule has 1 aliphatic rings. The number of halogens is 1. The van der Waals surface area contributed by atoms with Gasteiger partial charge >= 0.3 is 6.09 Å². The van der Waals surface area contributed by atoms with Gasteiger partial charge in [0.25, 0.3) is 0 Å². The summed E-state index contributed by atoms with van der Waals surface area (Å²) < 4.78 is 4.55. The Morgan fingerprint density at radius 2 is 2.35 bits per heavy atom. The highest BCUT2D eigenvalue weighted by Crippen LogP contribution is 2.23. The number of carbonyl (C=O) groups excluding carboxylic acids is 1. The first-order chi connectivity index (χ1) is 8.20. The molecule has 1 aromatic heterocycles. The van der Waals surface area contributed by atoms with Gasteiger partial charge in [-0.1, -0.05) is 11.6 Å². The molecule has 17 heavy (non-hydrogen) atoms. The highest BCUT2D eigenvalue weighted by molar-refractivity contribution is 6.31. The molecular weight excluding hydrogens is 244 g/mol. The van der Waals surface area contributed by atoms with Gasteiger partial charge in [-0.3, -0.25) is 0 Å². The van der Waals surface area contributed by atoms with Crippen LogP contribution in [0.4, 0.5) is 10.6 Å². The van der Waals surface area contributed by atoms with Crippen molar-refractivity contribution < 1.29 is 9.53 Å². The lowest BCUT2D eigenvalue weighted by Crippen LogP contribution is -2.37. The quantitative estimate of drug-likeness (QED) is 0.857. The maximum atomic E-state index is 11.1. The van der Waals surface area contributed by atoms with E-state index in [0.717, 1.165) is 13.0 Å². The fourth-order valence-corrected chi connectivity index (χ4v) is 2.05. The predicted octanol–water partition coefficient (Wildman–Crippen LogP) is 1.06. The second kappa shape index (κ2) is 5.18. The fourth-order valence-electron chi connectivity index (χ4n) is 1.82. The number of hydrogen-bond donors (Lipinski definition) is 1. The van der Waals surface area contributed by atoms with Gasteiger partial charge in [-0.15, -0.1) is 0 Å². The van der Waals surface area contributed by atoms with Crippen LogP contribution in [-0.4, -0.2) is 42.3 Å². The summed E-state index contributed by atoms with van der Waals surface area (Å²) in [5.74, 6) is 0.656. The largest absolute Gasteiger partial charge is 0.453 e. The number of carbonyl (C=O) groups is 1. The lowest BCUT2D eigenvalue weighted by Gasteiger charge is -2.17. The third-order valence-corrected chi connectivity index (χ3v) is 2.90. The third kappa shape index (κ3) is 2.76. The minimum atomic E-state index is -0.415. The summed E-state index contributed by atoms with van der Waals surface area (Å²) >= 11 is 5.96. The lowest BCUT2D eigenvalue weighted by atomic mass is 10.3. The summed E-state index contributed by atoms with van der Waals surface area (Å²) in [5.41, 5.74) is 0. The average molecular weight is 257 g/mol. The minimum Gasteiger partial charge on any atom is -0.453 e. The van der Waals surface area contributed by atoms with Crippen molar-refractivity contribution in [2.24, 2.45) is 0 Å². The van der Waals surface area contributed by atoms with E-state index in [4.69, 9.17) is 11.6 Å². The van der Waals surface area contributed by atoms with Crippen molar-refractivity contribution in [3.05, 3.63) is 17.5 Å². The van der Waals surface area contributed by atoms with Gasteiger partial charge in [0.1, 0.15) is 0 Å². The molecule has 0 saturated carbocycles. The molecule has 0 aliphatic carbocycles. The Morgan fingerprint density at radius 1 is 1.59 bits per heavy atom. The molecular formula is C10H13ClN4O2. The number of nitrogens with zero attached hydrogens (tertiary/aromatic N) is 3. The van der Waals surface area contributed by atoms with Crippen LogP contribution in [0.3, 0.4) is 0 Å². The zero-order valence-corrected chi connectivity index (χ0v) is 10.1. The molecule has 1 aliphatic heterocycles. The molecule has 1 saturated heterocycles. The van der Waals surface area contributed by atoms with Gasteiger partial charge in [-0.25, -0.2) is 14.8 Å². The molecule has 6 nitrogen and oxygen atoms in total. The van der Waals surface area contributed by atoms with E-state index in [1.165, 1.54) is 7.11 Å². The zero-order valence-electron chi connectivity index (χ0n) is 9.39. The number of methoxy groups -OCH3 is 1. The molecule has 2 rings (SSSR count). The Hall–Kier alpha value is -1.56. The smallest absolute Gasteiger partial charge is 0.407 e. The molecule has 1 unspecified atom stereocenters. The minimum absolute atomic E-state index is 0.0560. The van der Waals surface area contributed by atoms with Crippen molar-refractivity contribution in [1.82, 2.24) is 15.3 Å². The molecule has 0 spiro atoms. The summed E-state index contributed by atoms with van der Waals surface area (Å²) in [7, 11) is 1.35. The van der Waals surface area contributed by atoms with Crippen LogP contribution in [0.15, 0.2) is 12.4 Å². The fraction of sp³-hybridized carbons (Fsp3) is 0.500. The Kier molecular flexibility index (Phi) is 3.63. The molecule has 2 heterocycles. The first kappa shape index (κ1) is 11.9. The maximum absolute atomic E-state index is 11.1. The van der Waals surface area contributed by atoms with Crippen LogP contribution in [-0.2, 0) is 4.74 Å². The van der Waals surface area contributed by atoms with Crippen LogP contribution < -0.4 is 10.2 Å². The van der Waals surface area contributed by atoms with Crippen LogP contribution in [0, 0.1) is 0 Å². The van der Waals surface area contributed by atoms with Crippen LogP contribution in [0.25, 0.3) is 0 Å². The second-order valence-electron chi connectivity index (χ2n) is 3.74. The first-order valence-corrected chi connectivity index (χ1v) is 5.64. The Bertz CT molecular complexity index is 415. The molecule has 1 amide bonds. The van der Waals surface area contributed by atoms with Crippen molar-refractivity contribution in [1.29, 1.82) is 0 Å². The molecule has 1 atom stereocenters. The van der Waals surface area contributed by atoms with E-state index in [1.807, 2.05) is 4.90 Å². The van der Waals surface area contributed by atoms with Crippen LogP contribution in [0.2, 0.25) is 5.15 Å². The van der Waals surface area contributed by atoms with E-state index < -0.39 is 6.09 Å². The summed E-state index contributed by atoms with van der Waals surface area (Å²) in [4.78, 5) is 21.2. The van der Waals surface area contributed by atoms with Gasteiger partial charge in [0.15, 0.2) is 11.0 Å². The van der Waals surface area contributed by atoms with E-state index in [9.17, 15) is 4.79 Å². The molecule has 0 radical (unpaired) electrons. The number of rotatable bonds is 2. The summed E-state index contributed by atoms with van der Waals surface area (Å²) in [6.45, 7) is 1.45. The number of aromatic nitrogens is 2. The van der Waals surface area contributed by atoms with E-state index in [-0.39, 0.29) is 6.04 Å². The molecule has 7 heteroatoms. The Balaban J connectivity index is 1.98. The van der Waals surface area contributed by atoms with Gasteiger partial charge < -0.3 is 15.0 Å². The number of ether oxygens (including phenoxy) is 1. The second-order valence-corrected chi connectivity index (χ2v) is 4.10. The van der Waals surface area contributed by atoms with Crippen molar-refractivity contribution >= 4 is 23.5 Å². The van der Waals surface area contributed by atoms with Gasteiger partial charge in [0.2, 0.25) is 0 Å². The van der Waals surface area contributed by atoms with Gasteiger partial charge in [0.05, 0.1) is 13.2 Å². The zero-order chi connectivity index (χ0) is 12.3. The van der Waals surface area contributed by atoms with E-state index in [0.29, 0.717) is 17.5 Å². The monoisotopic (exact) mass is 256 g/mol. The van der Waals surface area contributed by atoms with Crippen LogP contribution in [0.5, 0.6) is 0 Å². The molecule has 92 valence electrons. The number of alkyl carbamates (subject to hydrolysis) is 1. The highest BCUT2D eigenvalue weighted by atomic mass is 35.5. The van der Waals surface area contributed by atoms with E-state index >= 15 is 0 Å². The number of hydrogen-bond acceptors (Lipinski definition) is 5. The standard InChI is InChI=1S/C10H13ClN4O2/c1-17-10(16)14-7-2-5-15(6-7)9-8(11)12-3-4-13-9/h3-4,7H,2,5-6H2,1H3,(H,14,16). The normalized spacial score (nSPS) is 19.2. The molecule has 1 fully saturated rings. The summed E-state index contributed by atoms with van der Waals surface area (Å²) in [5, 5.41) is 3.13. The average Bonchev–Trinajstić information content (AvgIpc) is 2.78. The van der Waals surface area contributed by atoms with Crippen molar-refractivity contribution in [2.45, 2.75) is 12.5 Å². The molecule has 1 N–H and O–H groups in total. The summed E-state index contributed by atoms with van der Waals surface area (Å²) in [6, 6.07) is 0.0560. The predicted molar refractivity (Wildman–Crippen MR) is 63.2 cm³/mol. The number of amides is 1. The molecule has 1 aromatic rings. The lowest BCUT2D eigenvalue weighted by molar-refractivity contribution is 0.167. The molecule has 0 aromatic carbocycles. The van der Waals surface area contributed by atoms with Crippen LogP contribution >= 0.6 is 11.6 Å². The highest BCUT2D eigenvalue weighted by Gasteiger charge is 2.26. The van der Waals surface area contributed by atoms with Gasteiger partial charge in [-0.2, -0.15) is 0 Å². The Morgan fingerprint density at radius 3 is 3.06 bits per heavy atom.